The Balaban J connectivity index is 2.76. The highest BCUT2D eigenvalue weighted by molar-refractivity contribution is 6.32. The monoisotopic (exact) mass is 297 g/mol. The van der Waals surface area contributed by atoms with E-state index >= 15 is 0 Å². The Morgan fingerprint density at radius 3 is 2.63 bits per heavy atom. The van der Waals surface area contributed by atoms with E-state index in [-0.39, 0.29) is 10.6 Å². The molecule has 1 heterocycles. The summed E-state index contributed by atoms with van der Waals surface area (Å²) in [6.45, 7) is 0. The number of ether oxygens (including phenoxy) is 1. The molecule has 0 amide bonds. The number of aromatic nitrogens is 1. The first-order valence-electron chi connectivity index (χ1n) is 5.28. The average molecular weight is 298 g/mol. The Kier molecular flexibility index (Phi) is 3.93. The van der Waals surface area contributed by atoms with Gasteiger partial charge in [0.2, 0.25) is 0 Å². The summed E-state index contributed by atoms with van der Waals surface area (Å²) in [5.41, 5.74) is -0.186. The Labute approximate surface area is 119 Å². The van der Waals surface area contributed by atoms with Crippen LogP contribution in [-0.4, -0.2) is 18.0 Å². The van der Waals surface area contributed by atoms with Crippen molar-refractivity contribution in [2.75, 3.05) is 7.11 Å². The third kappa shape index (κ3) is 2.50. The normalized spacial score (nSPS) is 10.3. The van der Waals surface area contributed by atoms with Gasteiger partial charge in [-0.15, -0.1) is 0 Å². The van der Waals surface area contributed by atoms with Crippen LogP contribution in [-0.2, 0) is 0 Å². The number of pyridine rings is 1. The molecule has 0 aliphatic rings. The van der Waals surface area contributed by atoms with Crippen molar-refractivity contribution in [2.45, 2.75) is 0 Å². The third-order valence-corrected chi connectivity index (χ3v) is 3.16. The topological polar surface area (TPSA) is 48.3 Å². The minimum Gasteiger partial charge on any atom is -0.495 e. The maximum Gasteiger partial charge on any atom is 0.267 e. The number of hydrogen-bond acceptors (Lipinski definition) is 3. The van der Waals surface area contributed by atoms with Crippen LogP contribution in [0, 0.1) is 0 Å². The van der Waals surface area contributed by atoms with Crippen molar-refractivity contribution >= 4 is 29.5 Å². The molecule has 0 unspecified atom stereocenters. The van der Waals surface area contributed by atoms with Crippen molar-refractivity contribution in [3.63, 3.8) is 0 Å². The molecule has 6 heteroatoms. The predicted molar refractivity (Wildman–Crippen MR) is 74.0 cm³/mol. The van der Waals surface area contributed by atoms with Crippen molar-refractivity contribution in [2.24, 2.45) is 0 Å². The quantitative estimate of drug-likeness (QED) is 0.818. The third-order valence-electron chi connectivity index (χ3n) is 2.59. The molecule has 0 bridgehead atoms. The summed E-state index contributed by atoms with van der Waals surface area (Å²) in [7, 11) is 1.48. The minimum atomic E-state index is -0.525. The number of benzene rings is 1. The van der Waals surface area contributed by atoms with E-state index in [1.54, 1.807) is 18.2 Å². The zero-order valence-corrected chi connectivity index (χ0v) is 11.4. The molecule has 0 atom stereocenters. The number of methoxy groups -OCH3 is 1. The zero-order chi connectivity index (χ0) is 14.0. The number of hydrogen-bond donors (Lipinski definition) is 0. The van der Waals surface area contributed by atoms with E-state index in [4.69, 9.17) is 27.9 Å². The van der Waals surface area contributed by atoms with Crippen LogP contribution in [0.4, 0.5) is 0 Å². The number of aldehydes is 1. The molecular weight excluding hydrogens is 289 g/mol. The molecule has 0 aliphatic carbocycles. The Morgan fingerprint density at radius 1 is 1.26 bits per heavy atom. The smallest absolute Gasteiger partial charge is 0.267 e. The molecule has 0 N–H and O–H groups in total. The van der Waals surface area contributed by atoms with E-state index in [2.05, 4.69) is 0 Å². The molecule has 0 aliphatic heterocycles. The highest BCUT2D eigenvalue weighted by Gasteiger charge is 2.12. The summed E-state index contributed by atoms with van der Waals surface area (Å²) in [6, 6.07) is 6.32. The molecule has 0 radical (unpaired) electrons. The lowest BCUT2D eigenvalue weighted by molar-refractivity contribution is 0.112. The van der Waals surface area contributed by atoms with Gasteiger partial charge in [-0.25, -0.2) is 0 Å². The van der Waals surface area contributed by atoms with Gasteiger partial charge in [0.1, 0.15) is 5.75 Å². The highest BCUT2D eigenvalue weighted by Crippen LogP contribution is 2.25. The molecule has 2 rings (SSSR count). The maximum atomic E-state index is 12.1. The standard InChI is InChI=1S/C13H9Cl2NO3/c1-19-12-3-2-8(14)6-11(12)16-5-4-10(15)9(7-17)13(16)18/h2-7H,1H3. The number of carbonyl (C=O) groups excluding carboxylic acids is 1. The Morgan fingerprint density at radius 2 is 2.00 bits per heavy atom. The molecule has 0 spiro atoms. The molecule has 0 saturated heterocycles. The fourth-order valence-electron chi connectivity index (χ4n) is 1.68. The van der Waals surface area contributed by atoms with Gasteiger partial charge in [0.25, 0.3) is 5.56 Å². The van der Waals surface area contributed by atoms with Crippen LogP contribution in [0.3, 0.4) is 0 Å². The number of halogens is 2. The highest BCUT2D eigenvalue weighted by atomic mass is 35.5. The van der Waals surface area contributed by atoms with E-state index in [9.17, 15) is 9.59 Å². The van der Waals surface area contributed by atoms with Crippen molar-refractivity contribution < 1.29 is 9.53 Å². The van der Waals surface area contributed by atoms with E-state index in [1.807, 2.05) is 0 Å². The first-order valence-corrected chi connectivity index (χ1v) is 6.04. The lowest BCUT2D eigenvalue weighted by Crippen LogP contribution is -2.22. The lowest BCUT2D eigenvalue weighted by atomic mass is 10.2. The largest absolute Gasteiger partial charge is 0.495 e. The van der Waals surface area contributed by atoms with Crippen LogP contribution in [0.25, 0.3) is 5.69 Å². The molecule has 2 aromatic rings. The fourth-order valence-corrected chi connectivity index (χ4v) is 2.03. The SMILES string of the molecule is COc1ccc(Cl)cc1-n1ccc(Cl)c(C=O)c1=O. The molecule has 0 fully saturated rings. The average Bonchev–Trinajstić information content (AvgIpc) is 2.39. The van der Waals surface area contributed by atoms with Crippen molar-refractivity contribution in [1.82, 2.24) is 4.57 Å². The van der Waals surface area contributed by atoms with Crippen molar-refractivity contribution in [3.8, 4) is 11.4 Å². The predicted octanol–water partition coefficient (Wildman–Crippen LogP) is 2.97. The molecule has 0 saturated carbocycles. The lowest BCUT2D eigenvalue weighted by Gasteiger charge is -2.12. The van der Waals surface area contributed by atoms with Crippen LogP contribution in [0.1, 0.15) is 10.4 Å². The van der Waals surface area contributed by atoms with Crippen molar-refractivity contribution in [3.05, 3.63) is 56.4 Å². The van der Waals surface area contributed by atoms with Crippen molar-refractivity contribution in [1.29, 1.82) is 0 Å². The van der Waals surface area contributed by atoms with E-state index in [1.165, 1.54) is 23.9 Å². The molecule has 98 valence electrons. The molecule has 19 heavy (non-hydrogen) atoms. The van der Waals surface area contributed by atoms with Crippen LogP contribution in [0.5, 0.6) is 5.75 Å². The van der Waals surface area contributed by atoms with Gasteiger partial charge in [0.05, 0.1) is 23.4 Å². The summed E-state index contributed by atoms with van der Waals surface area (Å²) in [4.78, 5) is 23.0. The summed E-state index contributed by atoms with van der Waals surface area (Å²) in [6.07, 6.45) is 1.89. The summed E-state index contributed by atoms with van der Waals surface area (Å²) < 4.78 is 6.44. The van der Waals surface area contributed by atoms with Gasteiger partial charge in [0, 0.05) is 11.2 Å². The Bertz CT molecular complexity index is 695. The van der Waals surface area contributed by atoms with Gasteiger partial charge in [-0.05, 0) is 24.3 Å². The second-order valence-corrected chi connectivity index (χ2v) is 4.53. The van der Waals surface area contributed by atoms with E-state index < -0.39 is 5.56 Å². The number of nitrogens with zero attached hydrogens (tertiary/aromatic N) is 1. The molecule has 1 aromatic heterocycles. The molecular formula is C13H9Cl2NO3. The van der Waals surface area contributed by atoms with Gasteiger partial charge in [-0.1, -0.05) is 23.2 Å². The second kappa shape index (κ2) is 5.47. The van der Waals surface area contributed by atoms with Crippen LogP contribution >= 0.6 is 23.2 Å². The first kappa shape index (κ1) is 13.6. The number of rotatable bonds is 3. The van der Waals surface area contributed by atoms with E-state index in [0.29, 0.717) is 22.7 Å². The second-order valence-electron chi connectivity index (χ2n) is 3.69. The summed E-state index contributed by atoms with van der Waals surface area (Å²) in [5, 5.41) is 0.558. The van der Waals surface area contributed by atoms with Gasteiger partial charge in [-0.3, -0.25) is 14.2 Å². The van der Waals surface area contributed by atoms with Gasteiger partial charge >= 0.3 is 0 Å². The molecule has 1 aromatic carbocycles. The van der Waals surface area contributed by atoms with Crippen LogP contribution in [0.15, 0.2) is 35.3 Å². The fraction of sp³-hybridized carbons (Fsp3) is 0.0769. The van der Waals surface area contributed by atoms with Gasteiger partial charge < -0.3 is 4.74 Å². The van der Waals surface area contributed by atoms with Gasteiger partial charge in [-0.2, -0.15) is 0 Å². The van der Waals surface area contributed by atoms with E-state index in [0.717, 1.165) is 0 Å². The summed E-state index contributed by atoms with van der Waals surface area (Å²) in [5.74, 6) is 0.464. The summed E-state index contributed by atoms with van der Waals surface area (Å²) >= 11 is 11.7. The zero-order valence-electron chi connectivity index (χ0n) is 9.89. The first-order chi connectivity index (χ1) is 9.08. The maximum absolute atomic E-state index is 12.1. The Hall–Kier alpha value is -1.78. The number of carbonyl (C=O) groups is 1. The van der Waals surface area contributed by atoms with Crippen LogP contribution < -0.4 is 10.3 Å². The van der Waals surface area contributed by atoms with Crippen LogP contribution in [0.2, 0.25) is 10.0 Å². The van der Waals surface area contributed by atoms with Gasteiger partial charge in [0.15, 0.2) is 6.29 Å². The minimum absolute atomic E-state index is 0.105. The molecule has 4 nitrogen and oxygen atoms in total.